The van der Waals surface area contributed by atoms with Crippen LogP contribution in [0.25, 0.3) is 10.8 Å². The average Bonchev–Trinajstić information content (AvgIpc) is 3.25. The van der Waals surface area contributed by atoms with Crippen molar-refractivity contribution in [1.29, 1.82) is 0 Å². The first-order valence-electron chi connectivity index (χ1n) is 12.3. The molecular formula is C28H26BrN3O6. The van der Waals surface area contributed by atoms with E-state index in [-0.39, 0.29) is 25.5 Å². The highest BCUT2D eigenvalue weighted by atomic mass is 79.9. The number of hydrogen-bond donors (Lipinski definition) is 0. The molecule has 196 valence electrons. The van der Waals surface area contributed by atoms with Crippen molar-refractivity contribution in [2.75, 3.05) is 23.1 Å². The fourth-order valence-corrected chi connectivity index (χ4v) is 5.13. The molecule has 0 N–H and O–H groups in total. The van der Waals surface area contributed by atoms with Crippen LogP contribution in [0.1, 0.15) is 38.8 Å². The fraction of sp³-hybridized carbons (Fsp3) is 0.286. The summed E-state index contributed by atoms with van der Waals surface area (Å²) in [5, 5.41) is 7.33. The maximum atomic E-state index is 13.6. The number of hydrogen-bond acceptors (Lipinski definition) is 8. The average molecular weight is 580 g/mol. The third-order valence-electron chi connectivity index (χ3n) is 6.33. The van der Waals surface area contributed by atoms with E-state index in [9.17, 15) is 14.4 Å². The third-order valence-corrected chi connectivity index (χ3v) is 6.83. The molecular weight excluding hydrogens is 554 g/mol. The van der Waals surface area contributed by atoms with E-state index in [1.807, 2.05) is 24.3 Å². The maximum absolute atomic E-state index is 13.6. The number of carbonyl (C=O) groups excluding carboxylic acids is 3. The van der Waals surface area contributed by atoms with E-state index >= 15 is 0 Å². The van der Waals surface area contributed by atoms with E-state index in [0.29, 0.717) is 22.7 Å². The minimum absolute atomic E-state index is 0.128. The highest BCUT2D eigenvalue weighted by Crippen LogP contribution is 2.45. The number of ether oxygens (including phenoxy) is 3. The summed E-state index contributed by atoms with van der Waals surface area (Å²) in [4.78, 5) is 40.7. The topological polar surface area (TPSA) is 97.7 Å². The fourth-order valence-electron chi connectivity index (χ4n) is 4.77. The molecule has 0 fully saturated rings. The molecule has 9 nitrogen and oxygen atoms in total. The Morgan fingerprint density at radius 3 is 2.32 bits per heavy atom. The number of esters is 2. The van der Waals surface area contributed by atoms with Crippen molar-refractivity contribution in [3.8, 4) is 5.75 Å². The normalized spacial score (nSPS) is 18.6. The van der Waals surface area contributed by atoms with E-state index in [4.69, 9.17) is 14.2 Å². The van der Waals surface area contributed by atoms with Crippen LogP contribution in [0, 0.1) is 0 Å². The maximum Gasteiger partial charge on any atom is 0.369 e. The number of benzene rings is 3. The molecule has 5 rings (SSSR count). The van der Waals surface area contributed by atoms with E-state index in [0.717, 1.165) is 21.0 Å². The quantitative estimate of drug-likeness (QED) is 0.374. The highest BCUT2D eigenvalue weighted by molar-refractivity contribution is 9.10. The van der Waals surface area contributed by atoms with Gasteiger partial charge in [0.1, 0.15) is 5.75 Å². The Morgan fingerprint density at radius 2 is 1.66 bits per heavy atom. The molecule has 0 saturated heterocycles. The Bertz CT molecular complexity index is 1450. The van der Waals surface area contributed by atoms with Gasteiger partial charge in [0.2, 0.25) is 0 Å². The molecule has 0 aromatic heterocycles. The minimum Gasteiger partial charge on any atom is -0.464 e. The van der Waals surface area contributed by atoms with Crippen LogP contribution in [0.4, 0.5) is 11.4 Å². The number of nitrogens with zero attached hydrogens (tertiary/aromatic N) is 3. The summed E-state index contributed by atoms with van der Waals surface area (Å²) in [6.07, 6.45) is -0.988. The van der Waals surface area contributed by atoms with Crippen LogP contribution in [0.5, 0.6) is 5.75 Å². The van der Waals surface area contributed by atoms with Crippen LogP contribution >= 0.6 is 15.9 Å². The molecule has 0 bridgehead atoms. The summed E-state index contributed by atoms with van der Waals surface area (Å²) in [7, 11) is 0. The second-order valence-corrected chi connectivity index (χ2v) is 9.78. The van der Waals surface area contributed by atoms with Gasteiger partial charge in [0.15, 0.2) is 6.04 Å². The summed E-state index contributed by atoms with van der Waals surface area (Å²) in [6, 6.07) is 15.3. The zero-order valence-corrected chi connectivity index (χ0v) is 22.7. The molecule has 3 aromatic carbocycles. The first kappa shape index (κ1) is 25.7. The van der Waals surface area contributed by atoms with Gasteiger partial charge in [-0.25, -0.2) is 14.6 Å². The first-order valence-corrected chi connectivity index (χ1v) is 13.1. The van der Waals surface area contributed by atoms with Crippen molar-refractivity contribution in [1.82, 2.24) is 0 Å². The molecule has 1 unspecified atom stereocenters. The summed E-state index contributed by atoms with van der Waals surface area (Å²) in [5.74, 6) is -0.901. The molecule has 2 heterocycles. The summed E-state index contributed by atoms with van der Waals surface area (Å²) < 4.78 is 17.9. The van der Waals surface area contributed by atoms with Gasteiger partial charge in [0.25, 0.3) is 12.1 Å². The van der Waals surface area contributed by atoms with Gasteiger partial charge in [0, 0.05) is 21.4 Å². The van der Waals surface area contributed by atoms with Gasteiger partial charge in [-0.05, 0) is 74.0 Å². The predicted molar refractivity (Wildman–Crippen MR) is 146 cm³/mol. The van der Waals surface area contributed by atoms with Gasteiger partial charge in [-0.2, -0.15) is 5.10 Å². The number of carbonyl (C=O) groups is 3. The van der Waals surface area contributed by atoms with E-state index in [1.165, 1.54) is 5.01 Å². The Hall–Kier alpha value is -3.92. The van der Waals surface area contributed by atoms with Crippen molar-refractivity contribution >= 4 is 61.6 Å². The SMILES string of the molecule is CCOC(=O)C1c2c(ccc3ccc(Br)cc23)O[C@@H](C(=O)OCC)N1c1ccc(N2N=C(C)CC2=O)cc1. The van der Waals surface area contributed by atoms with E-state index < -0.39 is 24.2 Å². The zero-order chi connectivity index (χ0) is 27.0. The minimum atomic E-state index is -1.25. The lowest BCUT2D eigenvalue weighted by Crippen LogP contribution is -2.53. The molecule has 0 radical (unpaired) electrons. The second kappa shape index (κ2) is 10.4. The van der Waals surface area contributed by atoms with Gasteiger partial charge >= 0.3 is 11.9 Å². The third kappa shape index (κ3) is 4.60. The van der Waals surface area contributed by atoms with Crippen LogP contribution in [-0.4, -0.2) is 43.0 Å². The van der Waals surface area contributed by atoms with Crippen molar-refractivity contribution in [3.05, 3.63) is 64.6 Å². The summed E-state index contributed by atoms with van der Waals surface area (Å²) in [5.41, 5.74) is 2.39. The van der Waals surface area contributed by atoms with Crippen LogP contribution in [0.15, 0.2) is 64.2 Å². The Morgan fingerprint density at radius 1 is 1.00 bits per heavy atom. The number of anilines is 2. The zero-order valence-electron chi connectivity index (χ0n) is 21.1. The monoisotopic (exact) mass is 579 g/mol. The van der Waals surface area contributed by atoms with Crippen molar-refractivity contribution in [2.24, 2.45) is 5.10 Å². The number of hydrazone groups is 1. The van der Waals surface area contributed by atoms with Crippen LogP contribution < -0.4 is 14.6 Å². The smallest absolute Gasteiger partial charge is 0.369 e. The lowest BCUT2D eigenvalue weighted by Gasteiger charge is -2.42. The predicted octanol–water partition coefficient (Wildman–Crippen LogP) is 5.11. The number of fused-ring (bicyclic) bond motifs is 3. The van der Waals surface area contributed by atoms with Crippen molar-refractivity contribution in [3.63, 3.8) is 0 Å². The molecule has 0 aliphatic carbocycles. The van der Waals surface area contributed by atoms with Gasteiger partial charge < -0.3 is 19.1 Å². The Labute approximate surface area is 228 Å². The van der Waals surface area contributed by atoms with E-state index in [2.05, 4.69) is 21.0 Å². The number of halogens is 1. The largest absolute Gasteiger partial charge is 0.464 e. The summed E-state index contributed by atoms with van der Waals surface area (Å²) in [6.45, 7) is 5.53. The lowest BCUT2D eigenvalue weighted by molar-refractivity contribution is -0.154. The molecule has 10 heteroatoms. The Kier molecular flexibility index (Phi) is 7.07. The Balaban J connectivity index is 1.68. The van der Waals surface area contributed by atoms with Gasteiger partial charge in [-0.15, -0.1) is 0 Å². The number of amides is 1. The molecule has 0 spiro atoms. The first-order chi connectivity index (χ1) is 18.3. The van der Waals surface area contributed by atoms with E-state index in [1.54, 1.807) is 56.0 Å². The molecule has 3 aromatic rings. The molecule has 0 saturated carbocycles. The highest BCUT2D eigenvalue weighted by Gasteiger charge is 2.46. The van der Waals surface area contributed by atoms with Gasteiger partial charge in [0.05, 0.1) is 25.3 Å². The standard InChI is InChI=1S/C28H26BrN3O6/c1-4-36-27(34)25-24-21-15-18(29)8-6-17(21)7-13-22(24)38-26(28(35)37-5-2)31(25)19-9-11-20(12-10-19)32-23(33)14-16(3)30-32/h6-13,15,25-26H,4-5,14H2,1-3H3/t25?,26-/m0/s1. The molecule has 38 heavy (non-hydrogen) atoms. The van der Waals surface area contributed by atoms with Crippen LogP contribution in [-0.2, 0) is 23.9 Å². The summed E-state index contributed by atoms with van der Waals surface area (Å²) >= 11 is 3.53. The second-order valence-electron chi connectivity index (χ2n) is 8.86. The molecule has 2 aliphatic heterocycles. The molecule has 2 atom stereocenters. The van der Waals surface area contributed by atoms with Crippen molar-refractivity contribution < 1.29 is 28.6 Å². The van der Waals surface area contributed by atoms with Crippen LogP contribution in [0.2, 0.25) is 0 Å². The van der Waals surface area contributed by atoms with Gasteiger partial charge in [-0.1, -0.05) is 28.1 Å². The van der Waals surface area contributed by atoms with Crippen LogP contribution in [0.3, 0.4) is 0 Å². The van der Waals surface area contributed by atoms with Gasteiger partial charge in [-0.3, -0.25) is 4.79 Å². The molecule has 1 amide bonds. The number of rotatable bonds is 6. The molecule has 2 aliphatic rings. The van der Waals surface area contributed by atoms with Crippen molar-refractivity contribution in [2.45, 2.75) is 39.5 Å². The lowest BCUT2D eigenvalue weighted by atomic mass is 9.94.